The number of hydrogen-bond acceptors (Lipinski definition) is 3. The minimum Gasteiger partial charge on any atom is -0.395 e. The Morgan fingerprint density at radius 2 is 2.17 bits per heavy atom. The van der Waals surface area contributed by atoms with Crippen LogP contribution in [-0.4, -0.2) is 40.6 Å². The van der Waals surface area contributed by atoms with Gasteiger partial charge in [0.05, 0.1) is 12.2 Å². The fourth-order valence-corrected chi connectivity index (χ4v) is 1.54. The van der Waals surface area contributed by atoms with Crippen molar-refractivity contribution in [2.75, 3.05) is 19.7 Å². The highest BCUT2D eigenvalue weighted by molar-refractivity contribution is 5.94. The van der Waals surface area contributed by atoms with Crippen molar-refractivity contribution in [3.63, 3.8) is 0 Å². The predicted molar refractivity (Wildman–Crippen MR) is 62.1 cm³/mol. The first-order valence-corrected chi connectivity index (χ1v) is 5.82. The number of unbranched alkanes of at least 4 members (excludes halogenated alkanes) is 1. The Morgan fingerprint density at radius 1 is 1.44 bits per heavy atom. The number of carbonyl (C=O) groups excluding carboxylic acids is 1. The van der Waals surface area contributed by atoms with Gasteiger partial charge < -0.3 is 10.0 Å². The van der Waals surface area contributed by atoms with E-state index in [4.69, 9.17) is 5.11 Å². The van der Waals surface area contributed by atoms with Gasteiger partial charge in [-0.15, -0.1) is 0 Å². The summed E-state index contributed by atoms with van der Waals surface area (Å²) in [5.74, 6) is -3.17. The lowest BCUT2D eigenvalue weighted by atomic mass is 10.2. The zero-order chi connectivity index (χ0) is 13.5. The summed E-state index contributed by atoms with van der Waals surface area (Å²) in [6, 6.07) is 1.14. The highest BCUT2D eigenvalue weighted by Gasteiger charge is 2.21. The first-order valence-electron chi connectivity index (χ1n) is 5.82. The van der Waals surface area contributed by atoms with Crippen molar-refractivity contribution < 1.29 is 18.7 Å². The van der Waals surface area contributed by atoms with E-state index in [1.165, 1.54) is 4.90 Å². The number of nitrogens with zero attached hydrogens (tertiary/aromatic N) is 2. The number of rotatable bonds is 6. The molecule has 1 aromatic heterocycles. The van der Waals surface area contributed by atoms with E-state index in [-0.39, 0.29) is 18.7 Å². The fourth-order valence-electron chi connectivity index (χ4n) is 1.54. The molecule has 6 heteroatoms. The van der Waals surface area contributed by atoms with Crippen LogP contribution in [0.25, 0.3) is 0 Å². The molecule has 0 saturated heterocycles. The third-order valence-electron chi connectivity index (χ3n) is 2.52. The Kier molecular flexibility index (Phi) is 5.64. The second kappa shape index (κ2) is 7.00. The molecule has 100 valence electrons. The van der Waals surface area contributed by atoms with Crippen molar-refractivity contribution in [3.8, 4) is 0 Å². The summed E-state index contributed by atoms with van der Waals surface area (Å²) in [6.45, 7) is 2.24. The maximum atomic E-state index is 13.4. The molecular weight excluding hydrogens is 242 g/mol. The Balaban J connectivity index is 2.90. The van der Waals surface area contributed by atoms with E-state index in [1.54, 1.807) is 0 Å². The molecule has 0 aromatic carbocycles. The van der Waals surface area contributed by atoms with Crippen LogP contribution in [0.2, 0.25) is 0 Å². The van der Waals surface area contributed by atoms with Crippen molar-refractivity contribution in [2.45, 2.75) is 19.8 Å². The van der Waals surface area contributed by atoms with Crippen molar-refractivity contribution in [1.82, 2.24) is 9.88 Å². The van der Waals surface area contributed by atoms with Crippen LogP contribution in [-0.2, 0) is 0 Å². The molecule has 0 fully saturated rings. The standard InChI is InChI=1S/C12H16F2N2O2/c1-2-3-6-16(7-8-17)12(18)9-4-5-15-11(14)10(9)13/h4-5,17H,2-3,6-8H2,1H3. The number of pyridine rings is 1. The predicted octanol–water partition coefficient (Wildman–Crippen LogP) is 1.59. The molecule has 0 aliphatic rings. The molecule has 0 spiro atoms. The topological polar surface area (TPSA) is 53.4 Å². The first-order chi connectivity index (χ1) is 8.61. The van der Waals surface area contributed by atoms with E-state index in [9.17, 15) is 13.6 Å². The molecule has 1 heterocycles. The molecule has 0 unspecified atom stereocenters. The van der Waals surface area contributed by atoms with Crippen molar-refractivity contribution in [3.05, 3.63) is 29.6 Å². The summed E-state index contributed by atoms with van der Waals surface area (Å²) in [5, 5.41) is 8.88. The first kappa shape index (κ1) is 14.5. The molecule has 0 aliphatic carbocycles. The van der Waals surface area contributed by atoms with Gasteiger partial charge in [-0.25, -0.2) is 9.37 Å². The van der Waals surface area contributed by atoms with E-state index < -0.39 is 17.7 Å². The van der Waals surface area contributed by atoms with Crippen LogP contribution in [0.15, 0.2) is 12.3 Å². The molecule has 0 saturated carbocycles. The molecule has 1 amide bonds. The molecule has 4 nitrogen and oxygen atoms in total. The normalized spacial score (nSPS) is 10.4. The molecule has 0 atom stereocenters. The van der Waals surface area contributed by atoms with Crippen molar-refractivity contribution in [2.24, 2.45) is 0 Å². The monoisotopic (exact) mass is 258 g/mol. The molecule has 0 radical (unpaired) electrons. The average molecular weight is 258 g/mol. The number of carbonyl (C=O) groups is 1. The van der Waals surface area contributed by atoms with Crippen molar-refractivity contribution >= 4 is 5.91 Å². The summed E-state index contributed by atoms with van der Waals surface area (Å²) in [5.41, 5.74) is -0.355. The summed E-state index contributed by atoms with van der Waals surface area (Å²) < 4.78 is 26.4. The third kappa shape index (κ3) is 3.46. The fraction of sp³-hybridized carbons (Fsp3) is 0.500. The summed E-state index contributed by atoms with van der Waals surface area (Å²) >= 11 is 0. The van der Waals surface area contributed by atoms with Crippen LogP contribution in [0.4, 0.5) is 8.78 Å². The Bertz CT molecular complexity index is 413. The lowest BCUT2D eigenvalue weighted by molar-refractivity contribution is 0.0713. The smallest absolute Gasteiger partial charge is 0.257 e. The second-order valence-corrected chi connectivity index (χ2v) is 3.83. The minimum absolute atomic E-state index is 0.0994. The average Bonchev–Trinajstić information content (AvgIpc) is 2.37. The molecule has 1 rings (SSSR count). The molecule has 18 heavy (non-hydrogen) atoms. The van der Waals surface area contributed by atoms with E-state index in [0.717, 1.165) is 25.1 Å². The third-order valence-corrected chi connectivity index (χ3v) is 2.52. The number of halogens is 2. The SMILES string of the molecule is CCCCN(CCO)C(=O)c1ccnc(F)c1F. The molecule has 0 aliphatic heterocycles. The van der Waals surface area contributed by atoms with Crippen LogP contribution in [0, 0.1) is 11.8 Å². The molecular formula is C12H16F2N2O2. The van der Waals surface area contributed by atoms with Crippen LogP contribution in [0.5, 0.6) is 0 Å². The van der Waals surface area contributed by atoms with Crippen LogP contribution < -0.4 is 0 Å². The van der Waals surface area contributed by atoms with Gasteiger partial charge in [-0.3, -0.25) is 4.79 Å². The number of amides is 1. The number of hydrogen-bond donors (Lipinski definition) is 1. The Labute approximate surface area is 104 Å². The highest BCUT2D eigenvalue weighted by Crippen LogP contribution is 2.12. The maximum absolute atomic E-state index is 13.4. The van der Waals surface area contributed by atoms with Gasteiger partial charge in [0.15, 0.2) is 5.82 Å². The highest BCUT2D eigenvalue weighted by atomic mass is 19.2. The zero-order valence-electron chi connectivity index (χ0n) is 10.2. The van der Waals surface area contributed by atoms with E-state index >= 15 is 0 Å². The number of aliphatic hydroxyl groups is 1. The van der Waals surface area contributed by atoms with Gasteiger partial charge in [0.25, 0.3) is 5.91 Å². The van der Waals surface area contributed by atoms with Crippen LogP contribution in [0.3, 0.4) is 0 Å². The summed E-state index contributed by atoms with van der Waals surface area (Å²) in [4.78, 5) is 16.4. The van der Waals surface area contributed by atoms with Crippen molar-refractivity contribution in [1.29, 1.82) is 0 Å². The zero-order valence-corrected chi connectivity index (χ0v) is 10.2. The quantitative estimate of drug-likeness (QED) is 0.788. The van der Waals surface area contributed by atoms with E-state index in [2.05, 4.69) is 4.98 Å². The van der Waals surface area contributed by atoms with Gasteiger partial charge in [0.2, 0.25) is 5.95 Å². The van der Waals surface area contributed by atoms with E-state index in [0.29, 0.717) is 6.54 Å². The van der Waals surface area contributed by atoms with E-state index in [1.807, 2.05) is 6.92 Å². The Hall–Kier alpha value is -1.56. The van der Waals surface area contributed by atoms with Gasteiger partial charge in [-0.2, -0.15) is 4.39 Å². The summed E-state index contributed by atoms with van der Waals surface area (Å²) in [6.07, 6.45) is 2.64. The number of aliphatic hydroxyl groups excluding tert-OH is 1. The summed E-state index contributed by atoms with van der Waals surface area (Å²) in [7, 11) is 0. The van der Waals surface area contributed by atoms with Gasteiger partial charge in [0, 0.05) is 19.3 Å². The second-order valence-electron chi connectivity index (χ2n) is 3.83. The lowest BCUT2D eigenvalue weighted by Crippen LogP contribution is -2.35. The largest absolute Gasteiger partial charge is 0.395 e. The van der Waals surface area contributed by atoms with Gasteiger partial charge in [-0.05, 0) is 12.5 Å². The van der Waals surface area contributed by atoms with Gasteiger partial charge in [0.1, 0.15) is 0 Å². The molecule has 0 bridgehead atoms. The van der Waals surface area contributed by atoms with Gasteiger partial charge >= 0.3 is 0 Å². The van der Waals surface area contributed by atoms with Gasteiger partial charge in [-0.1, -0.05) is 13.3 Å². The van der Waals surface area contributed by atoms with Crippen LogP contribution >= 0.6 is 0 Å². The Morgan fingerprint density at radius 3 is 2.78 bits per heavy atom. The number of aromatic nitrogens is 1. The molecule has 1 aromatic rings. The van der Waals surface area contributed by atoms with Crippen LogP contribution in [0.1, 0.15) is 30.1 Å². The maximum Gasteiger partial charge on any atom is 0.257 e. The lowest BCUT2D eigenvalue weighted by Gasteiger charge is -2.21. The molecule has 1 N–H and O–H groups in total. The minimum atomic E-state index is -1.29.